The first-order chi connectivity index (χ1) is 8.80. The summed E-state index contributed by atoms with van der Waals surface area (Å²) in [5, 5.41) is 10.3. The maximum absolute atomic E-state index is 12.1. The van der Waals surface area contributed by atoms with Crippen molar-refractivity contribution >= 4 is 11.9 Å². The molecule has 0 radical (unpaired) electrons. The molecule has 110 valence electrons. The fourth-order valence-corrected chi connectivity index (χ4v) is 1.99. The standard InChI is InChI=1S/C11H17F3N2O3/c12-11(13,14)10(19)15-8(9(17)18)4-7-16-5-2-1-3-6-16/h8H,1-7H2,(H,15,19)(H,17,18). The van der Waals surface area contributed by atoms with Gasteiger partial charge in [-0.2, -0.15) is 13.2 Å². The van der Waals surface area contributed by atoms with E-state index in [0.717, 1.165) is 32.4 Å². The van der Waals surface area contributed by atoms with Gasteiger partial charge in [-0.05, 0) is 32.4 Å². The van der Waals surface area contributed by atoms with Crippen LogP contribution in [0.15, 0.2) is 0 Å². The number of likely N-dealkylation sites (tertiary alicyclic amines) is 1. The van der Waals surface area contributed by atoms with Crippen molar-refractivity contribution in [2.45, 2.75) is 37.9 Å². The van der Waals surface area contributed by atoms with Gasteiger partial charge in [0.1, 0.15) is 6.04 Å². The van der Waals surface area contributed by atoms with Crippen LogP contribution >= 0.6 is 0 Å². The number of carboxylic acids is 1. The van der Waals surface area contributed by atoms with Gasteiger partial charge >= 0.3 is 18.1 Å². The van der Waals surface area contributed by atoms with Gasteiger partial charge in [-0.1, -0.05) is 6.42 Å². The molecule has 0 aromatic carbocycles. The number of hydrogen-bond donors (Lipinski definition) is 2. The second kappa shape index (κ2) is 6.74. The first-order valence-corrected chi connectivity index (χ1v) is 6.13. The fourth-order valence-electron chi connectivity index (χ4n) is 1.99. The van der Waals surface area contributed by atoms with Gasteiger partial charge in [0, 0.05) is 6.54 Å². The number of carbonyl (C=O) groups excluding carboxylic acids is 1. The molecule has 1 amide bonds. The van der Waals surface area contributed by atoms with Crippen LogP contribution in [0.1, 0.15) is 25.7 Å². The molecule has 1 saturated heterocycles. The zero-order chi connectivity index (χ0) is 14.5. The molecular weight excluding hydrogens is 265 g/mol. The summed E-state index contributed by atoms with van der Waals surface area (Å²) in [6.45, 7) is 2.01. The predicted molar refractivity (Wildman–Crippen MR) is 60.5 cm³/mol. The lowest BCUT2D eigenvalue weighted by molar-refractivity contribution is -0.175. The Hall–Kier alpha value is -1.31. The van der Waals surface area contributed by atoms with Crippen LogP contribution in [0.3, 0.4) is 0 Å². The molecule has 0 saturated carbocycles. The monoisotopic (exact) mass is 282 g/mol. The average molecular weight is 282 g/mol. The molecule has 5 nitrogen and oxygen atoms in total. The number of aliphatic carboxylic acids is 1. The van der Waals surface area contributed by atoms with Crippen LogP contribution in [0, 0.1) is 0 Å². The van der Waals surface area contributed by atoms with Crippen LogP contribution in [0.2, 0.25) is 0 Å². The Morgan fingerprint density at radius 1 is 1.21 bits per heavy atom. The molecule has 1 fully saturated rings. The molecule has 2 N–H and O–H groups in total. The summed E-state index contributed by atoms with van der Waals surface area (Å²) in [5.74, 6) is -3.66. The molecule has 1 unspecified atom stereocenters. The molecule has 0 bridgehead atoms. The predicted octanol–water partition coefficient (Wildman–Crippen LogP) is 0.994. The average Bonchev–Trinajstić information content (AvgIpc) is 2.33. The zero-order valence-electron chi connectivity index (χ0n) is 10.4. The van der Waals surface area contributed by atoms with Gasteiger partial charge in [0.25, 0.3) is 0 Å². The van der Waals surface area contributed by atoms with Crippen LogP contribution in [0.4, 0.5) is 13.2 Å². The van der Waals surface area contributed by atoms with Gasteiger partial charge < -0.3 is 15.3 Å². The molecule has 0 aromatic rings. The van der Waals surface area contributed by atoms with Gasteiger partial charge in [0.2, 0.25) is 0 Å². The lowest BCUT2D eigenvalue weighted by Crippen LogP contribution is -2.48. The van der Waals surface area contributed by atoms with E-state index in [1.165, 1.54) is 5.32 Å². The van der Waals surface area contributed by atoms with E-state index >= 15 is 0 Å². The van der Waals surface area contributed by atoms with Gasteiger partial charge in [-0.3, -0.25) is 4.79 Å². The van der Waals surface area contributed by atoms with Crippen LogP contribution in [-0.4, -0.2) is 53.7 Å². The Bertz CT molecular complexity index is 328. The smallest absolute Gasteiger partial charge is 0.471 e. The number of carbonyl (C=O) groups is 2. The molecule has 1 aliphatic rings. The topological polar surface area (TPSA) is 69.6 Å². The number of carboxylic acid groups (broad SMARTS) is 1. The van der Waals surface area contributed by atoms with E-state index in [4.69, 9.17) is 5.11 Å². The number of rotatable bonds is 5. The molecule has 0 aromatic heterocycles. The largest absolute Gasteiger partial charge is 0.480 e. The lowest BCUT2D eigenvalue weighted by atomic mass is 10.1. The fraction of sp³-hybridized carbons (Fsp3) is 0.818. The van der Waals surface area contributed by atoms with Crippen LogP contribution in [-0.2, 0) is 9.59 Å². The normalized spacial score (nSPS) is 18.9. The van der Waals surface area contributed by atoms with E-state index in [1.807, 2.05) is 4.90 Å². The van der Waals surface area contributed by atoms with Crippen molar-refractivity contribution in [2.75, 3.05) is 19.6 Å². The quantitative estimate of drug-likeness (QED) is 0.789. The van der Waals surface area contributed by atoms with E-state index in [0.29, 0.717) is 6.54 Å². The molecular formula is C11H17F3N2O3. The Balaban J connectivity index is 2.44. The van der Waals surface area contributed by atoms with Gasteiger partial charge in [0.15, 0.2) is 0 Å². The third-order valence-corrected chi connectivity index (χ3v) is 3.04. The second-order valence-corrected chi connectivity index (χ2v) is 4.55. The van der Waals surface area contributed by atoms with Gasteiger partial charge in [0.05, 0.1) is 0 Å². The van der Waals surface area contributed by atoms with Gasteiger partial charge in [-0.15, -0.1) is 0 Å². The maximum Gasteiger partial charge on any atom is 0.471 e. The summed E-state index contributed by atoms with van der Waals surface area (Å²) < 4.78 is 36.2. The van der Waals surface area contributed by atoms with Crippen molar-refractivity contribution < 1.29 is 27.9 Å². The summed E-state index contributed by atoms with van der Waals surface area (Å²) in [7, 11) is 0. The lowest BCUT2D eigenvalue weighted by Gasteiger charge is -2.27. The van der Waals surface area contributed by atoms with Crippen molar-refractivity contribution in [3.8, 4) is 0 Å². The molecule has 19 heavy (non-hydrogen) atoms. The van der Waals surface area contributed by atoms with Crippen LogP contribution in [0.25, 0.3) is 0 Å². The summed E-state index contributed by atoms with van der Waals surface area (Å²) in [6.07, 6.45) is -1.96. The highest BCUT2D eigenvalue weighted by molar-refractivity contribution is 5.86. The van der Waals surface area contributed by atoms with E-state index < -0.39 is 24.1 Å². The Labute approximate surface area is 108 Å². The molecule has 1 aliphatic heterocycles. The number of amides is 1. The van der Waals surface area contributed by atoms with Crippen molar-refractivity contribution in [2.24, 2.45) is 0 Å². The first-order valence-electron chi connectivity index (χ1n) is 6.13. The SMILES string of the molecule is O=C(O)C(CCN1CCCCC1)NC(=O)C(F)(F)F. The van der Waals surface area contributed by atoms with Crippen LogP contribution in [0.5, 0.6) is 0 Å². The highest BCUT2D eigenvalue weighted by atomic mass is 19.4. The second-order valence-electron chi connectivity index (χ2n) is 4.55. The summed E-state index contributed by atoms with van der Waals surface area (Å²) in [5.41, 5.74) is 0. The molecule has 1 rings (SSSR count). The number of halogens is 3. The van der Waals surface area contributed by atoms with E-state index in [9.17, 15) is 22.8 Å². The molecule has 8 heteroatoms. The minimum Gasteiger partial charge on any atom is -0.480 e. The van der Waals surface area contributed by atoms with E-state index in [2.05, 4.69) is 0 Å². The molecule has 1 atom stereocenters. The first kappa shape index (κ1) is 15.7. The van der Waals surface area contributed by atoms with E-state index in [1.54, 1.807) is 0 Å². The summed E-state index contributed by atoms with van der Waals surface area (Å²) in [6, 6.07) is -1.50. The van der Waals surface area contributed by atoms with Crippen LogP contribution < -0.4 is 5.32 Å². The maximum atomic E-state index is 12.1. The van der Waals surface area contributed by atoms with Crippen molar-refractivity contribution in [1.82, 2.24) is 10.2 Å². The third kappa shape index (κ3) is 5.46. The van der Waals surface area contributed by atoms with E-state index in [-0.39, 0.29) is 6.42 Å². The molecule has 1 heterocycles. The van der Waals surface area contributed by atoms with Crippen molar-refractivity contribution in [3.05, 3.63) is 0 Å². The minimum atomic E-state index is -5.06. The zero-order valence-corrected chi connectivity index (χ0v) is 10.4. The highest BCUT2D eigenvalue weighted by Crippen LogP contribution is 2.15. The Morgan fingerprint density at radius 3 is 2.26 bits per heavy atom. The van der Waals surface area contributed by atoms with Gasteiger partial charge in [-0.25, -0.2) is 4.79 Å². The number of hydrogen-bond acceptors (Lipinski definition) is 3. The van der Waals surface area contributed by atoms with Crippen molar-refractivity contribution in [3.63, 3.8) is 0 Å². The summed E-state index contributed by atoms with van der Waals surface area (Å²) >= 11 is 0. The number of nitrogens with one attached hydrogen (secondary N) is 1. The summed E-state index contributed by atoms with van der Waals surface area (Å²) in [4.78, 5) is 23.6. The Morgan fingerprint density at radius 2 is 1.79 bits per heavy atom. The molecule has 0 spiro atoms. The Kier molecular flexibility index (Phi) is 5.59. The number of alkyl halides is 3. The van der Waals surface area contributed by atoms with Crippen molar-refractivity contribution in [1.29, 1.82) is 0 Å². The number of nitrogens with zero attached hydrogens (tertiary/aromatic N) is 1. The minimum absolute atomic E-state index is 0.0306. The highest BCUT2D eigenvalue weighted by Gasteiger charge is 2.40. The molecule has 0 aliphatic carbocycles. The third-order valence-electron chi connectivity index (χ3n) is 3.04. The number of piperidine rings is 1.